The number of amides is 1. The third-order valence-corrected chi connectivity index (χ3v) is 5.44. The lowest BCUT2D eigenvalue weighted by molar-refractivity contribution is 0.0768. The molecule has 2 heterocycles. The number of aromatic nitrogens is 1. The van der Waals surface area contributed by atoms with Gasteiger partial charge in [0.15, 0.2) is 0 Å². The smallest absolute Gasteiger partial charge is 0.256 e. The number of nitrogens with zero attached hydrogens (tertiary/aromatic N) is 2. The molecule has 148 valence electrons. The second kappa shape index (κ2) is 9.01. The molecule has 0 bridgehead atoms. The monoisotopic (exact) mass is 400 g/mol. The maximum Gasteiger partial charge on any atom is 0.256 e. The standard InChI is InChI=1S/C21H24N2O4S/c1-25-15-12-17(26-2)19(18(13-15)27-3)14-7-10-23(11-8-14)21(24)16-6-5-9-22-20(16)28-4/h5-7,9,12-13H,8,10-11H2,1-4H3. The maximum atomic E-state index is 12.9. The molecule has 28 heavy (non-hydrogen) atoms. The highest BCUT2D eigenvalue weighted by Gasteiger charge is 2.25. The van der Waals surface area contributed by atoms with Crippen LogP contribution in [0.5, 0.6) is 17.2 Å². The zero-order chi connectivity index (χ0) is 20.1. The molecule has 1 aromatic carbocycles. The minimum Gasteiger partial charge on any atom is -0.496 e. The van der Waals surface area contributed by atoms with Crippen LogP contribution in [0.4, 0.5) is 0 Å². The van der Waals surface area contributed by atoms with Crippen LogP contribution >= 0.6 is 11.8 Å². The lowest BCUT2D eigenvalue weighted by atomic mass is 9.97. The van der Waals surface area contributed by atoms with Crippen LogP contribution in [0.1, 0.15) is 22.3 Å². The first-order valence-electron chi connectivity index (χ1n) is 8.90. The highest BCUT2D eigenvalue weighted by atomic mass is 32.2. The zero-order valence-electron chi connectivity index (χ0n) is 16.5. The number of hydrogen-bond acceptors (Lipinski definition) is 6. The van der Waals surface area contributed by atoms with E-state index in [0.29, 0.717) is 42.3 Å². The molecule has 1 amide bonds. The summed E-state index contributed by atoms with van der Waals surface area (Å²) in [5, 5.41) is 0.751. The van der Waals surface area contributed by atoms with Gasteiger partial charge < -0.3 is 19.1 Å². The van der Waals surface area contributed by atoms with Crippen molar-refractivity contribution in [1.82, 2.24) is 9.88 Å². The molecule has 7 heteroatoms. The molecule has 0 atom stereocenters. The Kier molecular flexibility index (Phi) is 6.46. The van der Waals surface area contributed by atoms with Gasteiger partial charge in [-0.1, -0.05) is 6.08 Å². The molecule has 3 rings (SSSR count). The Bertz CT molecular complexity index is 873. The maximum absolute atomic E-state index is 12.9. The quantitative estimate of drug-likeness (QED) is 0.688. The average molecular weight is 401 g/mol. The van der Waals surface area contributed by atoms with Crippen molar-refractivity contribution in [3.8, 4) is 17.2 Å². The van der Waals surface area contributed by atoms with Crippen molar-refractivity contribution in [2.75, 3.05) is 40.7 Å². The van der Waals surface area contributed by atoms with Gasteiger partial charge >= 0.3 is 0 Å². The van der Waals surface area contributed by atoms with E-state index in [0.717, 1.165) is 16.2 Å². The highest BCUT2D eigenvalue weighted by Crippen LogP contribution is 2.41. The van der Waals surface area contributed by atoms with E-state index in [4.69, 9.17) is 14.2 Å². The summed E-state index contributed by atoms with van der Waals surface area (Å²) in [7, 11) is 4.87. The number of thioether (sulfide) groups is 1. The normalized spacial score (nSPS) is 13.7. The van der Waals surface area contributed by atoms with Crippen LogP contribution in [-0.2, 0) is 0 Å². The van der Waals surface area contributed by atoms with E-state index in [1.54, 1.807) is 33.6 Å². The van der Waals surface area contributed by atoms with E-state index >= 15 is 0 Å². The molecule has 1 aliphatic heterocycles. The van der Waals surface area contributed by atoms with E-state index in [1.165, 1.54) is 11.8 Å². The van der Waals surface area contributed by atoms with Crippen molar-refractivity contribution in [3.05, 3.63) is 47.7 Å². The first-order chi connectivity index (χ1) is 13.6. The third kappa shape index (κ3) is 3.94. The Morgan fingerprint density at radius 1 is 1.14 bits per heavy atom. The highest BCUT2D eigenvalue weighted by molar-refractivity contribution is 7.98. The number of rotatable bonds is 6. The SMILES string of the molecule is COc1cc(OC)c(C2=CCN(C(=O)c3cccnc3SC)CC2)c(OC)c1. The van der Waals surface area contributed by atoms with Crippen LogP contribution < -0.4 is 14.2 Å². The summed E-state index contributed by atoms with van der Waals surface area (Å²) in [4.78, 5) is 19.1. The second-order valence-electron chi connectivity index (χ2n) is 6.20. The van der Waals surface area contributed by atoms with Crippen LogP contribution in [0.15, 0.2) is 41.6 Å². The topological polar surface area (TPSA) is 60.9 Å². The molecule has 0 spiro atoms. The van der Waals surface area contributed by atoms with E-state index in [-0.39, 0.29) is 5.91 Å². The zero-order valence-corrected chi connectivity index (χ0v) is 17.3. The molecule has 2 aromatic rings. The van der Waals surface area contributed by atoms with Gasteiger partial charge in [0.2, 0.25) is 0 Å². The number of carbonyl (C=O) groups is 1. The van der Waals surface area contributed by atoms with Gasteiger partial charge in [0, 0.05) is 31.4 Å². The van der Waals surface area contributed by atoms with Crippen molar-refractivity contribution in [1.29, 1.82) is 0 Å². The fourth-order valence-electron chi connectivity index (χ4n) is 3.29. The number of carbonyl (C=O) groups excluding carboxylic acids is 1. The summed E-state index contributed by atoms with van der Waals surface area (Å²) in [5.74, 6) is 2.06. The summed E-state index contributed by atoms with van der Waals surface area (Å²) in [6.45, 7) is 1.14. The van der Waals surface area contributed by atoms with E-state index in [1.807, 2.05) is 29.4 Å². The molecule has 0 radical (unpaired) electrons. The Morgan fingerprint density at radius 2 is 1.86 bits per heavy atom. The minimum atomic E-state index is 0.00131. The van der Waals surface area contributed by atoms with Gasteiger partial charge in [-0.25, -0.2) is 4.98 Å². The fraction of sp³-hybridized carbons (Fsp3) is 0.333. The Hall–Kier alpha value is -2.67. The van der Waals surface area contributed by atoms with Crippen molar-refractivity contribution < 1.29 is 19.0 Å². The molecule has 0 unspecified atom stereocenters. The molecule has 0 aliphatic carbocycles. The lowest BCUT2D eigenvalue weighted by Gasteiger charge is -2.28. The fourth-order valence-corrected chi connectivity index (χ4v) is 3.83. The molecule has 1 aliphatic rings. The third-order valence-electron chi connectivity index (χ3n) is 4.73. The minimum absolute atomic E-state index is 0.00131. The molecule has 0 saturated heterocycles. The summed E-state index contributed by atoms with van der Waals surface area (Å²) >= 11 is 1.48. The number of benzene rings is 1. The first kappa shape index (κ1) is 20.1. The summed E-state index contributed by atoms with van der Waals surface area (Å²) in [5.41, 5.74) is 2.65. The molecule has 0 N–H and O–H groups in total. The van der Waals surface area contributed by atoms with Crippen LogP contribution in [0.2, 0.25) is 0 Å². The Morgan fingerprint density at radius 3 is 2.39 bits per heavy atom. The van der Waals surface area contributed by atoms with Gasteiger partial charge in [-0.3, -0.25) is 4.79 Å². The molecule has 0 fully saturated rings. The van der Waals surface area contributed by atoms with Crippen molar-refractivity contribution in [3.63, 3.8) is 0 Å². The van der Waals surface area contributed by atoms with Gasteiger partial charge in [0.1, 0.15) is 22.3 Å². The number of hydrogen-bond donors (Lipinski definition) is 0. The van der Waals surface area contributed by atoms with Gasteiger partial charge in [0.05, 0.1) is 32.5 Å². The molecule has 1 aromatic heterocycles. The summed E-state index contributed by atoms with van der Waals surface area (Å²) in [6, 6.07) is 7.31. The molecule has 0 saturated carbocycles. The average Bonchev–Trinajstić information content (AvgIpc) is 2.77. The number of methoxy groups -OCH3 is 3. The Balaban J connectivity index is 1.87. The summed E-state index contributed by atoms with van der Waals surface area (Å²) in [6.07, 6.45) is 6.40. The van der Waals surface area contributed by atoms with E-state index in [2.05, 4.69) is 11.1 Å². The van der Waals surface area contributed by atoms with Gasteiger partial charge in [0.25, 0.3) is 5.91 Å². The van der Waals surface area contributed by atoms with Crippen LogP contribution in [0.25, 0.3) is 5.57 Å². The van der Waals surface area contributed by atoms with E-state index < -0.39 is 0 Å². The molecule has 6 nitrogen and oxygen atoms in total. The second-order valence-corrected chi connectivity index (χ2v) is 6.99. The lowest BCUT2D eigenvalue weighted by Crippen LogP contribution is -2.35. The Labute approximate surface area is 169 Å². The molecular formula is C21H24N2O4S. The first-order valence-corrected chi connectivity index (χ1v) is 10.1. The van der Waals surface area contributed by atoms with Gasteiger partial charge in [-0.2, -0.15) is 0 Å². The molecular weight excluding hydrogens is 376 g/mol. The number of pyridine rings is 1. The largest absolute Gasteiger partial charge is 0.496 e. The predicted molar refractivity (Wildman–Crippen MR) is 111 cm³/mol. The number of ether oxygens (including phenoxy) is 3. The van der Waals surface area contributed by atoms with Gasteiger partial charge in [-0.05, 0) is 30.4 Å². The van der Waals surface area contributed by atoms with E-state index in [9.17, 15) is 4.79 Å². The van der Waals surface area contributed by atoms with Gasteiger partial charge in [-0.15, -0.1) is 11.8 Å². The van der Waals surface area contributed by atoms with Crippen molar-refractivity contribution in [2.24, 2.45) is 0 Å². The van der Waals surface area contributed by atoms with Crippen LogP contribution in [0, 0.1) is 0 Å². The van der Waals surface area contributed by atoms with Crippen molar-refractivity contribution >= 4 is 23.2 Å². The van der Waals surface area contributed by atoms with Crippen molar-refractivity contribution in [2.45, 2.75) is 11.4 Å². The van der Waals surface area contributed by atoms with Crippen LogP contribution in [0.3, 0.4) is 0 Å². The summed E-state index contributed by atoms with van der Waals surface area (Å²) < 4.78 is 16.5. The van der Waals surface area contributed by atoms with Crippen LogP contribution in [-0.4, -0.2) is 56.5 Å². The predicted octanol–water partition coefficient (Wildman–Crippen LogP) is 3.76.